The number of nitrogens with zero attached hydrogens (tertiary/aromatic N) is 3. The zero-order valence-corrected chi connectivity index (χ0v) is 14.8. The summed E-state index contributed by atoms with van der Waals surface area (Å²) in [5, 5.41) is 7.60. The highest BCUT2D eigenvalue weighted by Gasteiger charge is 2.20. The number of methoxy groups -OCH3 is 2. The van der Waals surface area contributed by atoms with Gasteiger partial charge in [-0.2, -0.15) is 4.98 Å². The summed E-state index contributed by atoms with van der Waals surface area (Å²) < 4.78 is 20.7. The van der Waals surface area contributed by atoms with Gasteiger partial charge in [-0.25, -0.2) is 9.78 Å². The molecule has 0 bridgehead atoms. The van der Waals surface area contributed by atoms with Gasteiger partial charge in [-0.3, -0.25) is 0 Å². The van der Waals surface area contributed by atoms with Crippen LogP contribution in [0.25, 0.3) is 11.1 Å². The molecule has 0 unspecified atom stereocenters. The molecule has 3 rings (SSSR count). The summed E-state index contributed by atoms with van der Waals surface area (Å²) in [5.41, 5.74) is 1.43. The van der Waals surface area contributed by atoms with Gasteiger partial charge in [-0.1, -0.05) is 5.16 Å². The molecule has 26 heavy (non-hydrogen) atoms. The van der Waals surface area contributed by atoms with Crippen molar-refractivity contribution >= 4 is 28.6 Å². The Morgan fingerprint density at radius 3 is 2.46 bits per heavy atom. The van der Waals surface area contributed by atoms with Crippen molar-refractivity contribution in [1.29, 1.82) is 0 Å². The Hall–Kier alpha value is -3.36. The van der Waals surface area contributed by atoms with Gasteiger partial charge in [0, 0.05) is 23.9 Å². The number of ether oxygens (including phenoxy) is 3. The number of aromatic nitrogens is 3. The topological polar surface area (TPSA) is 109 Å². The van der Waals surface area contributed by atoms with E-state index in [1.165, 1.54) is 0 Å². The zero-order valence-electron chi connectivity index (χ0n) is 14.8. The third-order valence-corrected chi connectivity index (χ3v) is 3.58. The van der Waals surface area contributed by atoms with Crippen molar-refractivity contribution in [2.45, 2.75) is 13.8 Å². The summed E-state index contributed by atoms with van der Waals surface area (Å²) >= 11 is 0. The Balaban J connectivity index is 2.08. The molecule has 0 amide bonds. The molecule has 9 nitrogen and oxygen atoms in total. The molecular weight excluding hydrogens is 340 g/mol. The third kappa shape index (κ3) is 3.37. The van der Waals surface area contributed by atoms with Gasteiger partial charge < -0.3 is 24.1 Å². The summed E-state index contributed by atoms with van der Waals surface area (Å²) in [4.78, 5) is 20.4. The molecule has 0 fully saturated rings. The molecule has 0 aliphatic heterocycles. The maximum atomic E-state index is 12.0. The van der Waals surface area contributed by atoms with Gasteiger partial charge in [-0.15, -0.1) is 0 Å². The number of carbonyl (C=O) groups is 1. The first-order valence-electron chi connectivity index (χ1n) is 7.87. The fourth-order valence-electron chi connectivity index (χ4n) is 2.38. The Labute approximate surface area is 149 Å². The highest BCUT2D eigenvalue weighted by atomic mass is 16.5. The summed E-state index contributed by atoms with van der Waals surface area (Å²) in [6.07, 6.45) is 0. The molecule has 0 spiro atoms. The third-order valence-electron chi connectivity index (χ3n) is 3.58. The van der Waals surface area contributed by atoms with Crippen LogP contribution in [0.5, 0.6) is 11.5 Å². The van der Waals surface area contributed by atoms with E-state index >= 15 is 0 Å². The predicted octanol–water partition coefficient (Wildman–Crippen LogP) is 2.86. The van der Waals surface area contributed by atoms with E-state index in [2.05, 4.69) is 20.4 Å². The Bertz CT molecular complexity index is 931. The van der Waals surface area contributed by atoms with Gasteiger partial charge in [0.1, 0.15) is 22.7 Å². The molecule has 2 heterocycles. The quantitative estimate of drug-likeness (QED) is 0.665. The smallest absolute Gasteiger partial charge is 0.376 e. The normalized spacial score (nSPS) is 10.6. The summed E-state index contributed by atoms with van der Waals surface area (Å²) in [6.45, 7) is 3.68. The molecule has 0 aliphatic rings. The number of esters is 1. The van der Waals surface area contributed by atoms with Crippen LogP contribution in [0.1, 0.15) is 23.2 Å². The second-order valence-corrected chi connectivity index (χ2v) is 5.29. The first-order valence-corrected chi connectivity index (χ1v) is 7.87. The van der Waals surface area contributed by atoms with Crippen LogP contribution in [0, 0.1) is 6.92 Å². The van der Waals surface area contributed by atoms with Crippen molar-refractivity contribution < 1.29 is 23.5 Å². The molecule has 0 radical (unpaired) electrons. The average molecular weight is 358 g/mol. The van der Waals surface area contributed by atoms with Crippen molar-refractivity contribution in [2.75, 3.05) is 26.1 Å². The number of hydrogen-bond donors (Lipinski definition) is 1. The minimum atomic E-state index is -0.644. The molecule has 0 atom stereocenters. The molecule has 3 aromatic rings. The van der Waals surface area contributed by atoms with Crippen molar-refractivity contribution in [1.82, 2.24) is 15.1 Å². The van der Waals surface area contributed by atoms with E-state index in [1.807, 2.05) is 0 Å². The van der Waals surface area contributed by atoms with Gasteiger partial charge in [0.2, 0.25) is 5.82 Å². The highest BCUT2D eigenvalue weighted by molar-refractivity contribution is 5.94. The van der Waals surface area contributed by atoms with Gasteiger partial charge in [0.15, 0.2) is 0 Å². The lowest BCUT2D eigenvalue weighted by molar-refractivity contribution is 0.0512. The second-order valence-electron chi connectivity index (χ2n) is 5.29. The van der Waals surface area contributed by atoms with Crippen LogP contribution in [0.15, 0.2) is 22.7 Å². The van der Waals surface area contributed by atoms with Crippen LogP contribution in [0.2, 0.25) is 0 Å². The van der Waals surface area contributed by atoms with Crippen molar-refractivity contribution in [3.63, 3.8) is 0 Å². The first kappa shape index (κ1) is 17.5. The molecule has 136 valence electrons. The summed E-state index contributed by atoms with van der Waals surface area (Å²) in [7, 11) is 3.12. The van der Waals surface area contributed by atoms with E-state index in [9.17, 15) is 4.79 Å². The van der Waals surface area contributed by atoms with Crippen LogP contribution in [-0.2, 0) is 4.74 Å². The van der Waals surface area contributed by atoms with Crippen LogP contribution in [0.3, 0.4) is 0 Å². The lowest BCUT2D eigenvalue weighted by Gasteiger charge is -2.11. The predicted molar refractivity (Wildman–Crippen MR) is 93.1 cm³/mol. The van der Waals surface area contributed by atoms with E-state index in [4.69, 9.17) is 18.7 Å². The minimum Gasteiger partial charge on any atom is -0.497 e. The first-order chi connectivity index (χ1) is 12.5. The number of hydrogen-bond acceptors (Lipinski definition) is 9. The maximum absolute atomic E-state index is 12.0. The standard InChI is InChI=1S/C17H18N4O5/c1-5-25-17(22)15-19-14(13-9(2)21-26-16(13)20-15)18-10-6-11(23-3)8-12(7-10)24-4/h6-8H,5H2,1-4H3,(H,18,19,20). The van der Waals surface area contributed by atoms with Gasteiger partial charge in [-0.05, 0) is 13.8 Å². The minimum absolute atomic E-state index is 0.118. The van der Waals surface area contributed by atoms with E-state index in [0.29, 0.717) is 34.1 Å². The Morgan fingerprint density at radius 1 is 1.15 bits per heavy atom. The SMILES string of the molecule is CCOC(=O)c1nc(Nc2cc(OC)cc(OC)c2)c2c(C)noc2n1. The average Bonchev–Trinajstić information content (AvgIpc) is 3.02. The fourth-order valence-corrected chi connectivity index (χ4v) is 2.38. The van der Waals surface area contributed by atoms with Crippen LogP contribution >= 0.6 is 0 Å². The van der Waals surface area contributed by atoms with E-state index in [1.54, 1.807) is 46.3 Å². The zero-order chi connectivity index (χ0) is 18.7. The molecule has 0 saturated heterocycles. The number of rotatable bonds is 6. The second kappa shape index (κ2) is 7.26. The molecule has 0 aliphatic carbocycles. The molecule has 2 aromatic heterocycles. The van der Waals surface area contributed by atoms with Crippen LogP contribution < -0.4 is 14.8 Å². The number of aryl methyl sites for hydroxylation is 1. The van der Waals surface area contributed by atoms with Crippen LogP contribution in [0.4, 0.5) is 11.5 Å². The van der Waals surface area contributed by atoms with Crippen molar-refractivity contribution in [2.24, 2.45) is 0 Å². The number of nitrogens with one attached hydrogen (secondary N) is 1. The van der Waals surface area contributed by atoms with Gasteiger partial charge in [0.25, 0.3) is 5.71 Å². The molecular formula is C17H18N4O5. The lowest BCUT2D eigenvalue weighted by Crippen LogP contribution is -2.11. The number of carbonyl (C=O) groups excluding carboxylic acids is 1. The monoisotopic (exact) mass is 358 g/mol. The van der Waals surface area contributed by atoms with Crippen LogP contribution in [-0.4, -0.2) is 41.9 Å². The number of benzene rings is 1. The molecule has 1 N–H and O–H groups in total. The van der Waals surface area contributed by atoms with E-state index in [0.717, 1.165) is 0 Å². The highest BCUT2D eigenvalue weighted by Crippen LogP contribution is 2.31. The van der Waals surface area contributed by atoms with Crippen molar-refractivity contribution in [3.05, 3.63) is 29.7 Å². The largest absolute Gasteiger partial charge is 0.497 e. The lowest BCUT2D eigenvalue weighted by atomic mass is 10.2. The number of anilines is 2. The molecule has 0 saturated carbocycles. The fraction of sp³-hybridized carbons (Fsp3) is 0.294. The van der Waals surface area contributed by atoms with Gasteiger partial charge in [0.05, 0.1) is 26.5 Å². The Morgan fingerprint density at radius 2 is 1.85 bits per heavy atom. The van der Waals surface area contributed by atoms with E-state index < -0.39 is 5.97 Å². The molecule has 1 aromatic carbocycles. The molecule has 9 heteroatoms. The number of fused-ring (bicyclic) bond motifs is 1. The maximum Gasteiger partial charge on any atom is 0.376 e. The van der Waals surface area contributed by atoms with Crippen molar-refractivity contribution in [3.8, 4) is 11.5 Å². The van der Waals surface area contributed by atoms with E-state index in [-0.39, 0.29) is 18.1 Å². The summed E-state index contributed by atoms with van der Waals surface area (Å²) in [5.74, 6) is 0.810. The van der Waals surface area contributed by atoms with Gasteiger partial charge >= 0.3 is 5.97 Å². The Kier molecular flexibility index (Phi) is 4.87. The summed E-state index contributed by atoms with van der Waals surface area (Å²) in [6, 6.07) is 5.28.